The van der Waals surface area contributed by atoms with E-state index >= 15 is 0 Å². The highest BCUT2D eigenvalue weighted by Crippen LogP contribution is 2.22. The Labute approximate surface area is 133 Å². The molecule has 1 N–H and O–H groups in total. The SMILES string of the molecule is COc1ccc(NC(=O)/C=C/c2ccc(Cl)cc2Cl)cc1. The first kappa shape index (κ1) is 15.4. The summed E-state index contributed by atoms with van der Waals surface area (Å²) in [5.74, 6) is 0.489. The summed E-state index contributed by atoms with van der Waals surface area (Å²) in [5.41, 5.74) is 1.42. The Morgan fingerprint density at radius 3 is 2.48 bits per heavy atom. The Kier molecular flexibility index (Phi) is 5.26. The van der Waals surface area contributed by atoms with E-state index in [-0.39, 0.29) is 5.91 Å². The Hall–Kier alpha value is -1.97. The van der Waals surface area contributed by atoms with Crippen LogP contribution in [0.4, 0.5) is 5.69 Å². The second-order valence-corrected chi connectivity index (χ2v) is 5.06. The lowest BCUT2D eigenvalue weighted by atomic mass is 10.2. The van der Waals surface area contributed by atoms with Crippen molar-refractivity contribution in [2.24, 2.45) is 0 Å². The largest absolute Gasteiger partial charge is 0.497 e. The summed E-state index contributed by atoms with van der Waals surface area (Å²) in [5, 5.41) is 3.80. The first-order valence-corrected chi connectivity index (χ1v) is 6.92. The van der Waals surface area contributed by atoms with Crippen LogP contribution in [-0.2, 0) is 4.79 Å². The first-order chi connectivity index (χ1) is 10.1. The molecule has 0 atom stereocenters. The van der Waals surface area contributed by atoms with Gasteiger partial charge in [0.1, 0.15) is 5.75 Å². The molecule has 2 aromatic carbocycles. The molecule has 21 heavy (non-hydrogen) atoms. The average Bonchev–Trinajstić information content (AvgIpc) is 2.47. The number of rotatable bonds is 4. The van der Waals surface area contributed by atoms with E-state index in [1.807, 2.05) is 0 Å². The van der Waals surface area contributed by atoms with E-state index in [9.17, 15) is 4.79 Å². The molecule has 0 heterocycles. The third-order valence-electron chi connectivity index (χ3n) is 2.73. The van der Waals surface area contributed by atoms with Crippen LogP contribution in [0.1, 0.15) is 5.56 Å². The number of amides is 1. The van der Waals surface area contributed by atoms with Gasteiger partial charge in [0.25, 0.3) is 0 Å². The fourth-order valence-corrected chi connectivity index (χ4v) is 2.13. The van der Waals surface area contributed by atoms with E-state index in [4.69, 9.17) is 27.9 Å². The Morgan fingerprint density at radius 2 is 1.86 bits per heavy atom. The molecule has 3 nitrogen and oxygen atoms in total. The Bertz CT molecular complexity index is 666. The molecule has 2 rings (SSSR count). The number of carbonyl (C=O) groups excluding carboxylic acids is 1. The summed E-state index contributed by atoms with van der Waals surface area (Å²) >= 11 is 11.8. The zero-order valence-corrected chi connectivity index (χ0v) is 12.8. The molecule has 0 aliphatic carbocycles. The van der Waals surface area contributed by atoms with Crippen LogP contribution in [0.15, 0.2) is 48.5 Å². The standard InChI is InChI=1S/C16H13Cl2NO2/c1-21-14-7-5-13(6-8-14)19-16(20)9-3-11-2-4-12(17)10-15(11)18/h2-10H,1H3,(H,19,20)/b9-3+. The summed E-state index contributed by atoms with van der Waals surface area (Å²) in [6.45, 7) is 0. The highest BCUT2D eigenvalue weighted by atomic mass is 35.5. The minimum absolute atomic E-state index is 0.244. The number of nitrogens with one attached hydrogen (secondary N) is 1. The molecular weight excluding hydrogens is 309 g/mol. The highest BCUT2D eigenvalue weighted by molar-refractivity contribution is 6.35. The second-order valence-electron chi connectivity index (χ2n) is 4.22. The van der Waals surface area contributed by atoms with Gasteiger partial charge in [0.2, 0.25) is 5.91 Å². The van der Waals surface area contributed by atoms with Gasteiger partial charge in [-0.05, 0) is 48.0 Å². The lowest BCUT2D eigenvalue weighted by molar-refractivity contribution is -0.111. The minimum Gasteiger partial charge on any atom is -0.497 e. The molecule has 0 spiro atoms. The predicted molar refractivity (Wildman–Crippen MR) is 87.1 cm³/mol. The molecule has 0 aliphatic rings. The Balaban J connectivity index is 2.01. The van der Waals surface area contributed by atoms with Crippen LogP contribution in [0.3, 0.4) is 0 Å². The molecular formula is C16H13Cl2NO2. The number of benzene rings is 2. The maximum Gasteiger partial charge on any atom is 0.248 e. The van der Waals surface area contributed by atoms with E-state index in [1.54, 1.807) is 55.7 Å². The maximum atomic E-state index is 11.8. The lowest BCUT2D eigenvalue weighted by Crippen LogP contribution is -2.07. The Morgan fingerprint density at radius 1 is 1.14 bits per heavy atom. The summed E-state index contributed by atoms with van der Waals surface area (Å²) < 4.78 is 5.05. The molecule has 5 heteroatoms. The zero-order chi connectivity index (χ0) is 15.2. The van der Waals surface area contributed by atoms with Crippen LogP contribution < -0.4 is 10.1 Å². The van der Waals surface area contributed by atoms with Gasteiger partial charge in [0.05, 0.1) is 7.11 Å². The van der Waals surface area contributed by atoms with Crippen molar-refractivity contribution in [3.05, 3.63) is 64.1 Å². The number of ether oxygens (including phenoxy) is 1. The fourth-order valence-electron chi connectivity index (χ4n) is 1.66. The van der Waals surface area contributed by atoms with E-state index < -0.39 is 0 Å². The van der Waals surface area contributed by atoms with Crippen molar-refractivity contribution in [3.8, 4) is 5.75 Å². The quantitative estimate of drug-likeness (QED) is 0.832. The van der Waals surface area contributed by atoms with Gasteiger partial charge in [-0.25, -0.2) is 0 Å². The molecule has 0 saturated heterocycles. The number of hydrogen-bond donors (Lipinski definition) is 1. The molecule has 0 radical (unpaired) electrons. The minimum atomic E-state index is -0.244. The summed E-state index contributed by atoms with van der Waals surface area (Å²) in [4.78, 5) is 11.8. The van der Waals surface area contributed by atoms with Crippen LogP contribution >= 0.6 is 23.2 Å². The predicted octanol–water partition coefficient (Wildman–Crippen LogP) is 4.65. The van der Waals surface area contributed by atoms with Crippen molar-refractivity contribution in [1.29, 1.82) is 0 Å². The smallest absolute Gasteiger partial charge is 0.248 e. The van der Waals surface area contributed by atoms with Gasteiger partial charge in [-0.15, -0.1) is 0 Å². The third kappa shape index (κ3) is 4.52. The van der Waals surface area contributed by atoms with Crippen molar-refractivity contribution < 1.29 is 9.53 Å². The lowest BCUT2D eigenvalue weighted by Gasteiger charge is -2.04. The van der Waals surface area contributed by atoms with Gasteiger partial charge in [-0.3, -0.25) is 4.79 Å². The van der Waals surface area contributed by atoms with Gasteiger partial charge in [0, 0.05) is 21.8 Å². The van der Waals surface area contributed by atoms with Gasteiger partial charge < -0.3 is 10.1 Å². The molecule has 108 valence electrons. The molecule has 0 saturated carbocycles. The first-order valence-electron chi connectivity index (χ1n) is 6.16. The van der Waals surface area contributed by atoms with Crippen molar-refractivity contribution in [1.82, 2.24) is 0 Å². The van der Waals surface area contributed by atoms with Crippen LogP contribution in [0.5, 0.6) is 5.75 Å². The van der Waals surface area contributed by atoms with E-state index in [1.165, 1.54) is 6.08 Å². The van der Waals surface area contributed by atoms with Crippen LogP contribution in [0, 0.1) is 0 Å². The van der Waals surface area contributed by atoms with Crippen LogP contribution in [0.2, 0.25) is 10.0 Å². The number of halogens is 2. The van der Waals surface area contributed by atoms with Crippen LogP contribution in [-0.4, -0.2) is 13.0 Å². The second kappa shape index (κ2) is 7.16. The number of hydrogen-bond acceptors (Lipinski definition) is 2. The van der Waals surface area contributed by atoms with Gasteiger partial charge in [-0.2, -0.15) is 0 Å². The molecule has 0 unspecified atom stereocenters. The summed E-state index contributed by atoms with van der Waals surface area (Å²) in [6, 6.07) is 12.2. The highest BCUT2D eigenvalue weighted by Gasteiger charge is 2.01. The average molecular weight is 322 g/mol. The summed E-state index contributed by atoms with van der Waals surface area (Å²) in [6.07, 6.45) is 3.05. The molecule has 1 amide bonds. The molecule has 0 aliphatic heterocycles. The van der Waals surface area contributed by atoms with Crippen LogP contribution in [0.25, 0.3) is 6.08 Å². The van der Waals surface area contributed by atoms with Crippen molar-refractivity contribution in [2.45, 2.75) is 0 Å². The van der Waals surface area contributed by atoms with Crippen molar-refractivity contribution in [3.63, 3.8) is 0 Å². The molecule has 0 aromatic heterocycles. The van der Waals surface area contributed by atoms with Crippen molar-refractivity contribution >= 4 is 40.9 Å². The maximum absolute atomic E-state index is 11.8. The monoisotopic (exact) mass is 321 g/mol. The van der Waals surface area contributed by atoms with Gasteiger partial charge >= 0.3 is 0 Å². The normalized spacial score (nSPS) is 10.6. The van der Waals surface area contributed by atoms with E-state index in [0.29, 0.717) is 15.7 Å². The summed E-state index contributed by atoms with van der Waals surface area (Å²) in [7, 11) is 1.59. The fraction of sp³-hybridized carbons (Fsp3) is 0.0625. The molecule has 2 aromatic rings. The molecule has 0 bridgehead atoms. The van der Waals surface area contributed by atoms with Gasteiger partial charge in [0.15, 0.2) is 0 Å². The van der Waals surface area contributed by atoms with E-state index in [0.717, 1.165) is 11.3 Å². The zero-order valence-electron chi connectivity index (χ0n) is 11.3. The molecule has 0 fully saturated rings. The van der Waals surface area contributed by atoms with E-state index in [2.05, 4.69) is 5.32 Å². The number of methoxy groups -OCH3 is 1. The number of carbonyl (C=O) groups is 1. The topological polar surface area (TPSA) is 38.3 Å². The van der Waals surface area contributed by atoms with Crippen molar-refractivity contribution in [2.75, 3.05) is 12.4 Å². The third-order valence-corrected chi connectivity index (χ3v) is 3.30. The number of anilines is 1. The van der Waals surface area contributed by atoms with Gasteiger partial charge in [-0.1, -0.05) is 29.3 Å².